The van der Waals surface area contributed by atoms with E-state index in [0.29, 0.717) is 18.0 Å². The molecular formula is C16H21ClN4O3S. The second-order valence-electron chi connectivity index (χ2n) is 5.62. The lowest BCUT2D eigenvalue weighted by Crippen LogP contribution is -2.14. The van der Waals surface area contributed by atoms with Crippen LogP contribution in [0, 0.1) is 6.92 Å². The first kappa shape index (κ1) is 19.3. The van der Waals surface area contributed by atoms with Gasteiger partial charge >= 0.3 is 0 Å². The van der Waals surface area contributed by atoms with Crippen molar-refractivity contribution in [1.29, 1.82) is 0 Å². The number of amides is 1. The lowest BCUT2D eigenvalue weighted by Gasteiger charge is -2.08. The monoisotopic (exact) mass is 384 g/mol. The summed E-state index contributed by atoms with van der Waals surface area (Å²) in [5.74, 6) is 0.669. The number of alkyl halides is 1. The summed E-state index contributed by atoms with van der Waals surface area (Å²) in [6.07, 6.45) is 1.88. The van der Waals surface area contributed by atoms with Crippen LogP contribution in [0.5, 0.6) is 0 Å². The first-order chi connectivity index (χ1) is 11.8. The summed E-state index contributed by atoms with van der Waals surface area (Å²) in [5, 5.41) is 6.80. The van der Waals surface area contributed by atoms with E-state index < -0.39 is 10.0 Å². The topological polar surface area (TPSA) is 93.1 Å². The molecule has 0 aliphatic rings. The van der Waals surface area contributed by atoms with Crippen molar-refractivity contribution in [3.8, 4) is 0 Å². The van der Waals surface area contributed by atoms with Crippen molar-refractivity contribution in [1.82, 2.24) is 9.78 Å². The molecule has 0 atom stereocenters. The smallest absolute Gasteiger partial charge is 0.263 e. The number of benzene rings is 1. The van der Waals surface area contributed by atoms with Crippen molar-refractivity contribution in [3.63, 3.8) is 0 Å². The van der Waals surface area contributed by atoms with Crippen LogP contribution in [0.15, 0.2) is 35.2 Å². The molecule has 2 N–H and O–H groups in total. The number of halogens is 1. The maximum Gasteiger partial charge on any atom is 0.263 e. The third kappa shape index (κ3) is 5.47. The fourth-order valence-corrected chi connectivity index (χ4v) is 3.30. The number of hydrogen-bond donors (Lipinski definition) is 2. The van der Waals surface area contributed by atoms with Gasteiger partial charge in [-0.1, -0.05) is 0 Å². The van der Waals surface area contributed by atoms with Gasteiger partial charge in [-0.25, -0.2) is 8.42 Å². The number of aryl methyl sites for hydroxylation is 2. The number of nitrogens with zero attached hydrogens (tertiary/aromatic N) is 2. The van der Waals surface area contributed by atoms with Gasteiger partial charge in [-0.3, -0.25) is 14.2 Å². The molecule has 0 unspecified atom stereocenters. The van der Waals surface area contributed by atoms with Crippen LogP contribution >= 0.6 is 11.6 Å². The number of unbranched alkanes of at least 4 members (excludes halogenated alkanes) is 1. The predicted octanol–water partition coefficient (Wildman–Crippen LogP) is 2.88. The molecule has 1 aromatic carbocycles. The summed E-state index contributed by atoms with van der Waals surface area (Å²) in [7, 11) is -2.00. The zero-order chi connectivity index (χ0) is 18.4. The van der Waals surface area contributed by atoms with Crippen LogP contribution in [0.4, 0.5) is 11.5 Å². The molecule has 0 spiro atoms. The molecule has 1 heterocycles. The average Bonchev–Trinajstić information content (AvgIpc) is 2.85. The van der Waals surface area contributed by atoms with Crippen molar-refractivity contribution in [2.75, 3.05) is 15.9 Å². The molecule has 2 aromatic rings. The minimum atomic E-state index is -3.73. The highest BCUT2D eigenvalue weighted by Crippen LogP contribution is 2.18. The highest BCUT2D eigenvalue weighted by Gasteiger charge is 2.16. The molecule has 2 rings (SSSR count). The summed E-state index contributed by atoms with van der Waals surface area (Å²) < 4.78 is 28.8. The third-order valence-electron chi connectivity index (χ3n) is 3.59. The van der Waals surface area contributed by atoms with E-state index in [9.17, 15) is 13.2 Å². The Morgan fingerprint density at radius 3 is 2.48 bits per heavy atom. The van der Waals surface area contributed by atoms with E-state index in [2.05, 4.69) is 15.1 Å². The molecule has 0 radical (unpaired) electrons. The fourth-order valence-electron chi connectivity index (χ4n) is 2.13. The molecule has 25 heavy (non-hydrogen) atoms. The summed E-state index contributed by atoms with van der Waals surface area (Å²) in [4.78, 5) is 11.8. The molecule has 9 heteroatoms. The second-order valence-corrected chi connectivity index (χ2v) is 7.68. The van der Waals surface area contributed by atoms with Crippen LogP contribution in [0.1, 0.15) is 25.0 Å². The van der Waals surface area contributed by atoms with E-state index in [-0.39, 0.29) is 16.6 Å². The van der Waals surface area contributed by atoms with Crippen LogP contribution in [0.25, 0.3) is 0 Å². The summed E-state index contributed by atoms with van der Waals surface area (Å²) >= 11 is 5.57. The van der Waals surface area contributed by atoms with Gasteiger partial charge in [0.15, 0.2) is 5.82 Å². The molecule has 1 aromatic heterocycles. The Morgan fingerprint density at radius 1 is 1.24 bits per heavy atom. The third-order valence-corrected chi connectivity index (χ3v) is 5.23. The fraction of sp³-hybridized carbons (Fsp3) is 0.375. The van der Waals surface area contributed by atoms with E-state index >= 15 is 0 Å². The largest absolute Gasteiger partial charge is 0.326 e. The first-order valence-corrected chi connectivity index (χ1v) is 9.83. The number of carbonyl (C=O) groups excluding carboxylic acids is 1. The predicted molar refractivity (Wildman–Crippen MR) is 98.4 cm³/mol. The zero-order valence-electron chi connectivity index (χ0n) is 14.1. The van der Waals surface area contributed by atoms with Gasteiger partial charge < -0.3 is 5.32 Å². The summed E-state index contributed by atoms with van der Waals surface area (Å²) in [6.45, 7) is 1.83. The van der Waals surface area contributed by atoms with Crippen molar-refractivity contribution < 1.29 is 13.2 Å². The molecule has 0 fully saturated rings. The number of carbonyl (C=O) groups is 1. The van der Waals surface area contributed by atoms with Gasteiger partial charge in [0.2, 0.25) is 5.91 Å². The van der Waals surface area contributed by atoms with Gasteiger partial charge in [0, 0.05) is 36.8 Å². The van der Waals surface area contributed by atoms with E-state index in [1.54, 1.807) is 29.9 Å². The normalized spacial score (nSPS) is 11.3. The zero-order valence-corrected chi connectivity index (χ0v) is 15.7. The Bertz CT molecular complexity index is 812. The van der Waals surface area contributed by atoms with Crippen LogP contribution in [0.2, 0.25) is 0 Å². The van der Waals surface area contributed by atoms with Gasteiger partial charge in [-0.05, 0) is 44.0 Å². The number of anilines is 2. The molecule has 0 aliphatic carbocycles. The van der Waals surface area contributed by atoms with Crippen LogP contribution < -0.4 is 10.0 Å². The van der Waals surface area contributed by atoms with E-state index in [1.807, 2.05) is 6.92 Å². The summed E-state index contributed by atoms with van der Waals surface area (Å²) in [6, 6.07) is 7.63. The average molecular weight is 385 g/mol. The van der Waals surface area contributed by atoms with Crippen molar-refractivity contribution in [3.05, 3.63) is 36.0 Å². The molecule has 0 saturated carbocycles. The molecule has 0 bridgehead atoms. The van der Waals surface area contributed by atoms with Crippen LogP contribution in [0.3, 0.4) is 0 Å². The second kappa shape index (κ2) is 8.35. The number of sulfonamides is 1. The van der Waals surface area contributed by atoms with Crippen LogP contribution in [-0.4, -0.2) is 30.0 Å². The van der Waals surface area contributed by atoms with E-state index in [4.69, 9.17) is 11.6 Å². The maximum absolute atomic E-state index is 12.4. The Kier molecular flexibility index (Phi) is 6.44. The van der Waals surface area contributed by atoms with Crippen molar-refractivity contribution in [2.45, 2.75) is 31.1 Å². The number of rotatable bonds is 8. The quantitative estimate of drug-likeness (QED) is 0.540. The number of nitrogens with one attached hydrogen (secondary N) is 2. The van der Waals surface area contributed by atoms with Crippen molar-refractivity contribution >= 4 is 39.0 Å². The summed E-state index contributed by atoms with van der Waals surface area (Å²) in [5.41, 5.74) is 1.38. The Hall–Kier alpha value is -2.06. The van der Waals surface area contributed by atoms with E-state index in [0.717, 1.165) is 18.5 Å². The van der Waals surface area contributed by atoms with Crippen molar-refractivity contribution in [2.24, 2.45) is 7.05 Å². The van der Waals surface area contributed by atoms with Gasteiger partial charge in [-0.2, -0.15) is 5.10 Å². The molecule has 0 saturated heterocycles. The molecular weight excluding hydrogens is 364 g/mol. The van der Waals surface area contributed by atoms with Gasteiger partial charge in [0.1, 0.15) is 0 Å². The van der Waals surface area contributed by atoms with Crippen LogP contribution in [-0.2, 0) is 21.9 Å². The standard InChI is InChI=1S/C16H21ClN4O3S/c1-12-11-15(19-21(12)2)20-25(23,24)14-8-6-13(7-9-14)18-16(22)5-3-4-10-17/h6-9,11H,3-5,10H2,1-2H3,(H,18,22)(H,19,20). The van der Waals surface area contributed by atoms with Gasteiger partial charge in [0.05, 0.1) is 4.90 Å². The minimum Gasteiger partial charge on any atom is -0.326 e. The highest BCUT2D eigenvalue weighted by atomic mass is 35.5. The van der Waals surface area contributed by atoms with Gasteiger partial charge in [-0.15, -0.1) is 11.6 Å². The molecule has 7 nitrogen and oxygen atoms in total. The Labute approximate surface area is 152 Å². The first-order valence-electron chi connectivity index (χ1n) is 7.81. The molecule has 1 amide bonds. The van der Waals surface area contributed by atoms with Gasteiger partial charge in [0.25, 0.3) is 10.0 Å². The molecule has 136 valence electrons. The lowest BCUT2D eigenvalue weighted by atomic mass is 10.2. The SMILES string of the molecule is Cc1cc(NS(=O)(=O)c2ccc(NC(=O)CCCCCl)cc2)nn1C. The molecule has 0 aliphatic heterocycles. The number of aromatic nitrogens is 2. The maximum atomic E-state index is 12.4. The Balaban J connectivity index is 2.01. The highest BCUT2D eigenvalue weighted by molar-refractivity contribution is 7.92. The minimum absolute atomic E-state index is 0.0935. The Morgan fingerprint density at radius 2 is 1.92 bits per heavy atom. The number of hydrogen-bond acceptors (Lipinski definition) is 4. The lowest BCUT2D eigenvalue weighted by molar-refractivity contribution is -0.116. The van der Waals surface area contributed by atoms with E-state index in [1.165, 1.54) is 12.1 Å².